The molecule has 0 bridgehead atoms. The van der Waals surface area contributed by atoms with Crippen LogP contribution in [0, 0.1) is 0 Å². The van der Waals surface area contributed by atoms with E-state index in [0.29, 0.717) is 22.6 Å². The van der Waals surface area contributed by atoms with Gasteiger partial charge in [0, 0.05) is 11.3 Å². The number of ether oxygens (including phenoxy) is 1. The molecule has 2 rings (SSSR count). The zero-order valence-corrected chi connectivity index (χ0v) is 11.4. The van der Waals surface area contributed by atoms with E-state index >= 15 is 0 Å². The number of carbonyl (C=O) groups excluding carboxylic acids is 1. The minimum absolute atomic E-state index is 0.0246. The average Bonchev–Trinajstić information content (AvgIpc) is 2.54. The van der Waals surface area contributed by atoms with Gasteiger partial charge in [-0.3, -0.25) is 4.79 Å². The third kappa shape index (κ3) is 3.30. The molecular formula is C15H15N3O3. The van der Waals surface area contributed by atoms with Gasteiger partial charge in [0.05, 0.1) is 12.7 Å². The van der Waals surface area contributed by atoms with Crippen molar-refractivity contribution in [2.24, 2.45) is 10.9 Å². The second kappa shape index (κ2) is 6.42. The van der Waals surface area contributed by atoms with Gasteiger partial charge < -0.3 is 21.0 Å². The lowest BCUT2D eigenvalue weighted by Crippen LogP contribution is -2.15. The van der Waals surface area contributed by atoms with Crippen LogP contribution in [0.25, 0.3) is 0 Å². The number of oxime groups is 1. The van der Waals surface area contributed by atoms with Gasteiger partial charge in [-0.1, -0.05) is 29.4 Å². The number of amidine groups is 1. The normalized spacial score (nSPS) is 11.0. The molecule has 2 aromatic carbocycles. The van der Waals surface area contributed by atoms with Gasteiger partial charge in [-0.05, 0) is 24.3 Å². The van der Waals surface area contributed by atoms with E-state index in [1.165, 1.54) is 7.11 Å². The highest BCUT2D eigenvalue weighted by Gasteiger charge is 2.12. The summed E-state index contributed by atoms with van der Waals surface area (Å²) in [5, 5.41) is 14.3. The Bertz CT molecular complexity index is 683. The van der Waals surface area contributed by atoms with Gasteiger partial charge in [0.15, 0.2) is 5.84 Å². The maximum Gasteiger partial charge on any atom is 0.259 e. The molecule has 1 amide bonds. The molecule has 6 nitrogen and oxygen atoms in total. The quantitative estimate of drug-likeness (QED) is 0.346. The Morgan fingerprint density at radius 3 is 2.71 bits per heavy atom. The molecule has 2 aromatic rings. The van der Waals surface area contributed by atoms with Gasteiger partial charge in [0.2, 0.25) is 0 Å². The average molecular weight is 285 g/mol. The number of nitrogens with zero attached hydrogens (tertiary/aromatic N) is 1. The van der Waals surface area contributed by atoms with Gasteiger partial charge in [-0.25, -0.2) is 0 Å². The molecular weight excluding hydrogens is 270 g/mol. The summed E-state index contributed by atoms with van der Waals surface area (Å²) in [4.78, 5) is 12.2. The van der Waals surface area contributed by atoms with E-state index in [9.17, 15) is 4.79 Å². The number of para-hydroxylation sites is 1. The number of methoxy groups -OCH3 is 1. The first-order chi connectivity index (χ1) is 10.2. The summed E-state index contributed by atoms with van der Waals surface area (Å²) in [5.41, 5.74) is 6.99. The number of carbonyl (C=O) groups is 1. The number of nitrogens with two attached hydrogens (primary N) is 1. The maximum absolute atomic E-state index is 12.2. The van der Waals surface area contributed by atoms with Crippen molar-refractivity contribution < 1.29 is 14.7 Å². The van der Waals surface area contributed by atoms with E-state index in [2.05, 4.69) is 10.5 Å². The largest absolute Gasteiger partial charge is 0.496 e. The molecule has 0 aliphatic carbocycles. The molecule has 4 N–H and O–H groups in total. The first-order valence-corrected chi connectivity index (χ1v) is 6.18. The van der Waals surface area contributed by atoms with Gasteiger partial charge in [-0.2, -0.15) is 0 Å². The summed E-state index contributed by atoms with van der Waals surface area (Å²) >= 11 is 0. The van der Waals surface area contributed by atoms with Gasteiger partial charge in [0.25, 0.3) is 5.91 Å². The fraction of sp³-hybridized carbons (Fsp3) is 0.0667. The summed E-state index contributed by atoms with van der Waals surface area (Å²) in [6, 6.07) is 13.6. The van der Waals surface area contributed by atoms with E-state index in [1.807, 2.05) is 0 Å². The summed E-state index contributed by atoms with van der Waals surface area (Å²) in [5.74, 6) is 0.162. The predicted octanol–water partition coefficient (Wildman–Crippen LogP) is 2.04. The first-order valence-electron chi connectivity index (χ1n) is 6.18. The third-order valence-corrected chi connectivity index (χ3v) is 2.88. The molecule has 108 valence electrons. The SMILES string of the molecule is COc1ccccc1C(=O)Nc1cccc(/C(N)=N/O)c1. The standard InChI is InChI=1S/C15H15N3O3/c1-21-13-8-3-2-7-12(13)15(19)17-11-6-4-5-10(9-11)14(16)18-20/h2-9,20H,1H3,(H2,16,18)(H,17,19). The van der Waals surface area contributed by atoms with E-state index in [-0.39, 0.29) is 11.7 Å². The molecule has 6 heteroatoms. The zero-order chi connectivity index (χ0) is 15.2. The maximum atomic E-state index is 12.2. The summed E-state index contributed by atoms with van der Waals surface area (Å²) in [6.45, 7) is 0. The highest BCUT2D eigenvalue weighted by atomic mass is 16.5. The summed E-state index contributed by atoms with van der Waals surface area (Å²) in [6.07, 6.45) is 0. The zero-order valence-electron chi connectivity index (χ0n) is 11.4. The molecule has 0 saturated carbocycles. The van der Waals surface area contributed by atoms with Crippen LogP contribution in [0.3, 0.4) is 0 Å². The predicted molar refractivity (Wildman–Crippen MR) is 79.9 cm³/mol. The van der Waals surface area contributed by atoms with Gasteiger partial charge >= 0.3 is 0 Å². The summed E-state index contributed by atoms with van der Waals surface area (Å²) in [7, 11) is 1.51. The number of rotatable bonds is 4. The topological polar surface area (TPSA) is 96.9 Å². The highest BCUT2D eigenvalue weighted by molar-refractivity contribution is 6.07. The smallest absolute Gasteiger partial charge is 0.259 e. The number of benzene rings is 2. The van der Waals surface area contributed by atoms with Crippen LogP contribution in [0.4, 0.5) is 5.69 Å². The van der Waals surface area contributed by atoms with E-state index in [1.54, 1.807) is 48.5 Å². The van der Waals surface area contributed by atoms with E-state index in [0.717, 1.165) is 0 Å². The summed E-state index contributed by atoms with van der Waals surface area (Å²) < 4.78 is 5.15. The minimum atomic E-state index is -0.302. The lowest BCUT2D eigenvalue weighted by Gasteiger charge is -2.09. The molecule has 0 unspecified atom stereocenters. The Kier molecular flexibility index (Phi) is 4.40. The molecule has 0 spiro atoms. The van der Waals surface area contributed by atoms with Crippen LogP contribution >= 0.6 is 0 Å². The van der Waals surface area contributed by atoms with Crippen LogP contribution in [0.15, 0.2) is 53.7 Å². The van der Waals surface area contributed by atoms with Crippen LogP contribution in [0.1, 0.15) is 15.9 Å². The van der Waals surface area contributed by atoms with Crippen molar-refractivity contribution in [3.8, 4) is 5.75 Å². The fourth-order valence-corrected chi connectivity index (χ4v) is 1.84. The molecule has 0 radical (unpaired) electrons. The number of anilines is 1. The highest BCUT2D eigenvalue weighted by Crippen LogP contribution is 2.19. The van der Waals surface area contributed by atoms with E-state index in [4.69, 9.17) is 15.7 Å². The fourth-order valence-electron chi connectivity index (χ4n) is 1.84. The van der Waals surface area contributed by atoms with Crippen LogP contribution in [-0.4, -0.2) is 24.1 Å². The van der Waals surface area contributed by atoms with Crippen molar-refractivity contribution >= 4 is 17.4 Å². The molecule has 0 heterocycles. The number of amides is 1. The van der Waals surface area contributed by atoms with Crippen LogP contribution < -0.4 is 15.8 Å². The molecule has 0 atom stereocenters. The van der Waals surface area contributed by atoms with Crippen molar-refractivity contribution in [2.45, 2.75) is 0 Å². The van der Waals surface area contributed by atoms with Crippen LogP contribution in [-0.2, 0) is 0 Å². The Balaban J connectivity index is 2.24. The Hall–Kier alpha value is -3.02. The molecule has 21 heavy (non-hydrogen) atoms. The monoisotopic (exact) mass is 285 g/mol. The van der Waals surface area contributed by atoms with Crippen molar-refractivity contribution in [3.63, 3.8) is 0 Å². The van der Waals surface area contributed by atoms with Crippen molar-refractivity contribution in [3.05, 3.63) is 59.7 Å². The Labute approximate surface area is 121 Å². The molecule has 0 saturated heterocycles. The van der Waals surface area contributed by atoms with Crippen molar-refractivity contribution in [2.75, 3.05) is 12.4 Å². The first kappa shape index (κ1) is 14.4. The lowest BCUT2D eigenvalue weighted by molar-refractivity contribution is 0.102. The van der Waals surface area contributed by atoms with Crippen LogP contribution in [0.2, 0.25) is 0 Å². The molecule has 0 aliphatic rings. The number of hydrogen-bond acceptors (Lipinski definition) is 4. The van der Waals surface area contributed by atoms with Crippen molar-refractivity contribution in [1.29, 1.82) is 0 Å². The Morgan fingerprint density at radius 1 is 1.24 bits per heavy atom. The minimum Gasteiger partial charge on any atom is -0.496 e. The molecule has 0 fully saturated rings. The van der Waals surface area contributed by atoms with Crippen molar-refractivity contribution in [1.82, 2.24) is 0 Å². The Morgan fingerprint density at radius 2 is 2.00 bits per heavy atom. The van der Waals surface area contributed by atoms with E-state index < -0.39 is 0 Å². The van der Waals surface area contributed by atoms with Gasteiger partial charge in [0.1, 0.15) is 5.75 Å². The second-order valence-electron chi connectivity index (χ2n) is 4.22. The number of hydrogen-bond donors (Lipinski definition) is 3. The van der Waals surface area contributed by atoms with Gasteiger partial charge in [-0.15, -0.1) is 0 Å². The second-order valence-corrected chi connectivity index (χ2v) is 4.22. The molecule has 0 aromatic heterocycles. The van der Waals surface area contributed by atoms with Crippen LogP contribution in [0.5, 0.6) is 5.75 Å². The third-order valence-electron chi connectivity index (χ3n) is 2.88. The number of nitrogens with one attached hydrogen (secondary N) is 1. The molecule has 0 aliphatic heterocycles. The lowest BCUT2D eigenvalue weighted by atomic mass is 10.1.